The fraction of sp³-hybridized carbons (Fsp3) is 1.00. The molecule has 0 spiro atoms. The van der Waals surface area contributed by atoms with Crippen molar-refractivity contribution >= 4 is 39.2 Å². The zero-order valence-corrected chi connectivity index (χ0v) is 14.1. The van der Waals surface area contributed by atoms with Crippen LogP contribution in [-0.2, 0) is 0 Å². The Morgan fingerprint density at radius 3 is 1.23 bits per heavy atom. The predicted molar refractivity (Wildman–Crippen MR) is 108 cm³/mol. The number of rotatable bonds is 17. The van der Waals surface area contributed by atoms with E-state index in [2.05, 4.69) is 0 Å². The average Bonchev–Trinajstić information content (AvgIpc) is 2.93. The highest BCUT2D eigenvalue weighted by Gasteiger charge is 2.23. The van der Waals surface area contributed by atoms with Gasteiger partial charge in [-0.25, -0.2) is 0 Å². The maximum absolute atomic E-state index is 8.27. The molecule has 0 aromatic heterocycles. The molecule has 0 fully saturated rings. The SMILES string of the molecule is [2H]C([2H])([2H])C([2H])([2H])C([2H])([2H])C([2H])([2H])C([2H])([2H])C([2H])([2H])C([2H])([2H])C([2H])([2H])C([2H])([2H])C([2H])([2H])C([2H])([2H])C([2H])([2H])C([2H])([2H])C([2H])([2H])C([2H])([2H])C([2H])([2H])C([2H])([2H])C[Si](Cl)(Cl)Cl. The summed E-state index contributed by atoms with van der Waals surface area (Å²) in [5.41, 5.74) is 0. The zero-order valence-electron chi connectivity index (χ0n) is 45.8. The molecule has 0 aromatic rings. The Morgan fingerprint density at radius 1 is 0.591 bits per heavy atom. The first-order valence-corrected chi connectivity index (χ1v) is 10.5. The Bertz CT molecular complexity index is 1470. The molecule has 0 nitrogen and oxygen atoms in total. The van der Waals surface area contributed by atoms with Crippen LogP contribution in [0.2, 0.25) is 6.04 Å². The second-order valence-corrected chi connectivity index (χ2v) is 12.0. The molecule has 0 saturated heterocycles. The van der Waals surface area contributed by atoms with Crippen molar-refractivity contribution in [1.82, 2.24) is 0 Å². The molecule has 0 atom stereocenters. The molecule has 0 rings (SSSR count). The maximum Gasteiger partial charge on any atom is 0.341 e. The topological polar surface area (TPSA) is 0 Å². The third-order valence-electron chi connectivity index (χ3n) is 1.25. The molecule has 0 bridgehead atoms. The largest absolute Gasteiger partial charge is 0.341 e. The highest BCUT2D eigenvalue weighted by Crippen LogP contribution is 2.27. The zero-order chi connectivity index (χ0) is 47.7. The van der Waals surface area contributed by atoms with Gasteiger partial charge in [-0.2, -0.15) is 0 Å². The van der Waals surface area contributed by atoms with Crippen molar-refractivity contribution in [3.05, 3.63) is 0 Å². The van der Waals surface area contributed by atoms with E-state index in [1.807, 2.05) is 0 Å². The molecule has 134 valence electrons. The predicted octanol–water partition coefficient (Wildman–Crippen LogP) is 8.90. The lowest BCUT2D eigenvalue weighted by Crippen LogP contribution is -2.07. The molecule has 0 unspecified atom stereocenters. The van der Waals surface area contributed by atoms with E-state index in [0.29, 0.717) is 0 Å². The molecule has 0 aliphatic carbocycles. The molecule has 0 heterocycles. The van der Waals surface area contributed by atoms with Gasteiger partial charge in [0.25, 0.3) is 0 Å². The van der Waals surface area contributed by atoms with Crippen LogP contribution in [-0.4, -0.2) is 6.00 Å². The number of halogens is 3. The molecule has 0 radical (unpaired) electrons. The van der Waals surface area contributed by atoms with Gasteiger partial charge in [0.05, 0.1) is 0 Å². The fourth-order valence-corrected chi connectivity index (χ4v) is 1.49. The van der Waals surface area contributed by atoms with E-state index < -0.39 is 121 Å². The molecule has 0 N–H and O–H groups in total. The van der Waals surface area contributed by atoms with Crippen molar-refractivity contribution in [3.8, 4) is 0 Å². The second-order valence-electron chi connectivity index (χ2n) is 2.84. The van der Waals surface area contributed by atoms with Crippen LogP contribution in [0.3, 0.4) is 0 Å². The fourth-order valence-electron chi connectivity index (χ4n) is 0.595. The first-order valence-electron chi connectivity index (χ1n) is 22.8. The molecule has 0 amide bonds. The van der Waals surface area contributed by atoms with Crippen LogP contribution in [0.4, 0.5) is 0 Å². The minimum Gasteiger partial charge on any atom is -0.126 e. The Labute approximate surface area is 204 Å². The van der Waals surface area contributed by atoms with Crippen LogP contribution in [0.5, 0.6) is 0 Å². The van der Waals surface area contributed by atoms with Crippen LogP contribution in [0.15, 0.2) is 0 Å². The maximum atomic E-state index is 8.27. The van der Waals surface area contributed by atoms with Gasteiger partial charge in [0, 0.05) is 48.0 Å². The molecular formula is C18H37Cl3Si. The highest BCUT2D eigenvalue weighted by atomic mass is 35.8. The van der Waals surface area contributed by atoms with Crippen molar-refractivity contribution in [2.45, 2.75) is 115 Å². The molecule has 4 heteroatoms. The lowest BCUT2D eigenvalue weighted by atomic mass is 10.0. The summed E-state index contributed by atoms with van der Waals surface area (Å²) in [6, 6.07) is -5.73. The molecular weight excluding hydrogens is 351 g/mol. The van der Waals surface area contributed by atoms with Crippen molar-refractivity contribution in [1.29, 1.82) is 0 Å². The molecule has 0 aliphatic heterocycles. The first-order chi connectivity index (χ1) is 23.7. The van der Waals surface area contributed by atoms with Gasteiger partial charge in [-0.05, 0) is 6.04 Å². The van der Waals surface area contributed by atoms with Crippen molar-refractivity contribution in [2.24, 2.45) is 0 Å². The van der Waals surface area contributed by atoms with E-state index in [4.69, 9.17) is 81.2 Å². The molecule has 0 aliphatic rings. The number of hydrogen-bond donors (Lipinski definition) is 0. The summed E-state index contributed by atoms with van der Waals surface area (Å²) in [5.74, 6) is 0. The van der Waals surface area contributed by atoms with Crippen LogP contribution in [0.1, 0.15) is 157 Å². The Balaban J connectivity index is 7.81. The summed E-state index contributed by atoms with van der Waals surface area (Å²) in [5, 5.41) is 0. The monoisotopic (exact) mass is 421 g/mol. The quantitative estimate of drug-likeness (QED) is 0.162. The van der Waals surface area contributed by atoms with Gasteiger partial charge >= 0.3 is 6.00 Å². The van der Waals surface area contributed by atoms with E-state index in [0.717, 1.165) is 0 Å². The summed E-state index contributed by atoms with van der Waals surface area (Å²) < 4.78 is 282. The Morgan fingerprint density at radius 2 is 0.909 bits per heavy atom. The lowest BCUT2D eigenvalue weighted by molar-refractivity contribution is 0.531. The van der Waals surface area contributed by atoms with E-state index in [1.165, 1.54) is 0 Å². The Hall–Kier alpha value is 1.09. The minimum atomic E-state index is -5.22. The third-order valence-corrected chi connectivity index (χ3v) is 3.03. The minimum absolute atomic E-state index is 1.44. The van der Waals surface area contributed by atoms with E-state index in [-0.39, 0.29) is 0 Å². The van der Waals surface area contributed by atoms with E-state index >= 15 is 0 Å². The van der Waals surface area contributed by atoms with E-state index in [1.54, 1.807) is 0 Å². The summed E-state index contributed by atoms with van der Waals surface area (Å²) in [4.78, 5) is 0. The van der Waals surface area contributed by atoms with Crippen molar-refractivity contribution < 1.29 is 48.0 Å². The first kappa shape index (κ1) is 3.46. The van der Waals surface area contributed by atoms with Gasteiger partial charge in [-0.15, -0.1) is 33.2 Å². The smallest absolute Gasteiger partial charge is 0.126 e. The molecule has 22 heavy (non-hydrogen) atoms. The summed E-state index contributed by atoms with van der Waals surface area (Å²) in [6.07, 6.45) is -77.9. The van der Waals surface area contributed by atoms with Gasteiger partial charge in [-0.3, -0.25) is 0 Å². The van der Waals surface area contributed by atoms with Crippen LogP contribution < -0.4 is 0 Å². The van der Waals surface area contributed by atoms with Gasteiger partial charge in [0.1, 0.15) is 0 Å². The van der Waals surface area contributed by atoms with Gasteiger partial charge in [0.15, 0.2) is 0 Å². The third kappa shape index (κ3) is 21.1. The molecule has 0 aromatic carbocycles. The van der Waals surface area contributed by atoms with Crippen LogP contribution in [0.25, 0.3) is 0 Å². The number of hydrogen-bond acceptors (Lipinski definition) is 0. The van der Waals surface area contributed by atoms with Gasteiger partial charge in [-0.1, -0.05) is 109 Å². The summed E-state index contributed by atoms with van der Waals surface area (Å²) in [6.45, 7) is -4.14. The van der Waals surface area contributed by atoms with Gasteiger partial charge in [0.2, 0.25) is 0 Å². The highest BCUT2D eigenvalue weighted by molar-refractivity contribution is 7.64. The van der Waals surface area contributed by atoms with Gasteiger partial charge < -0.3 is 0 Å². The van der Waals surface area contributed by atoms with Crippen LogP contribution >= 0.6 is 33.2 Å². The molecule has 0 saturated carbocycles. The second kappa shape index (κ2) is 16.9. The normalized spacial score (nSPS) is 46.6. The van der Waals surface area contributed by atoms with E-state index in [9.17, 15) is 0 Å². The summed E-state index contributed by atoms with van der Waals surface area (Å²) >= 11 is 16.8. The average molecular weight is 423 g/mol. The summed E-state index contributed by atoms with van der Waals surface area (Å²) in [7, 11) is 0. The van der Waals surface area contributed by atoms with Crippen molar-refractivity contribution in [3.63, 3.8) is 0 Å². The van der Waals surface area contributed by atoms with Crippen molar-refractivity contribution in [2.75, 3.05) is 0 Å². The standard InChI is InChI=1S/C18H37Cl3Si/c1-2-3-4-5-6-7-8-9-10-11-12-13-14-15-16-17-18-22(19,20)21/h2-18H2,1H3/i1D3,2D2,3D2,4D2,5D2,6D2,7D2,8D2,9D2,10D2,11D2,12D2,13D2,14D2,15D2,16D2,17D2. The Kier molecular flexibility index (Phi) is 2.66. The lowest BCUT2D eigenvalue weighted by Gasteiger charge is -2.07. The van der Waals surface area contributed by atoms with Crippen LogP contribution in [0, 0.1) is 0 Å².